The van der Waals surface area contributed by atoms with Crippen molar-refractivity contribution in [2.45, 2.75) is 37.3 Å². The van der Waals surface area contributed by atoms with E-state index >= 15 is 0 Å². The van der Waals surface area contributed by atoms with E-state index in [9.17, 15) is 0 Å². The molecule has 0 aromatic rings. The molecule has 2 bridgehead atoms. The van der Waals surface area contributed by atoms with Gasteiger partial charge in [-0.05, 0) is 0 Å². The van der Waals surface area contributed by atoms with E-state index in [0.29, 0.717) is 24.4 Å². The highest BCUT2D eigenvalue weighted by molar-refractivity contribution is 5.04. The Morgan fingerprint density at radius 3 is 2.00 bits per heavy atom. The first-order chi connectivity index (χ1) is 3.93. The average molecular weight is 112 g/mol. The summed E-state index contributed by atoms with van der Waals surface area (Å²) in [6, 6.07) is 0. The number of ether oxygens (including phenoxy) is 2. The van der Waals surface area contributed by atoms with E-state index in [1.54, 1.807) is 0 Å². The van der Waals surface area contributed by atoms with E-state index in [1.807, 2.05) is 0 Å². The third-order valence-corrected chi connectivity index (χ3v) is 2.42. The summed E-state index contributed by atoms with van der Waals surface area (Å²) in [5.74, 6) is 0. The summed E-state index contributed by atoms with van der Waals surface area (Å²) in [6.45, 7) is 0. The van der Waals surface area contributed by atoms with Crippen molar-refractivity contribution >= 4 is 0 Å². The SMILES string of the molecule is C1C2C[C@H]3O[C@@H]1C3O2. The Balaban J connectivity index is 2.03. The zero-order chi connectivity index (χ0) is 5.14. The quantitative estimate of drug-likeness (QED) is 0.449. The Kier molecular flexibility index (Phi) is 0.461. The van der Waals surface area contributed by atoms with Crippen molar-refractivity contribution in [3.05, 3.63) is 0 Å². The first-order valence-corrected chi connectivity index (χ1v) is 3.24. The molecular formula is C6H8O2. The summed E-state index contributed by atoms with van der Waals surface area (Å²) in [7, 11) is 0. The van der Waals surface area contributed by atoms with Crippen molar-refractivity contribution in [1.29, 1.82) is 0 Å². The number of hydrogen-bond donors (Lipinski definition) is 0. The minimum Gasteiger partial charge on any atom is -0.369 e. The topological polar surface area (TPSA) is 18.5 Å². The van der Waals surface area contributed by atoms with E-state index in [-0.39, 0.29) is 0 Å². The monoisotopic (exact) mass is 112 g/mol. The molecular weight excluding hydrogens is 104 g/mol. The lowest BCUT2D eigenvalue weighted by atomic mass is 9.89. The van der Waals surface area contributed by atoms with Gasteiger partial charge in [-0.2, -0.15) is 0 Å². The van der Waals surface area contributed by atoms with Gasteiger partial charge in [0.1, 0.15) is 6.10 Å². The maximum absolute atomic E-state index is 5.51. The molecule has 3 rings (SSSR count). The lowest BCUT2D eigenvalue weighted by Gasteiger charge is -2.38. The fourth-order valence-electron chi connectivity index (χ4n) is 2.03. The summed E-state index contributed by atoms with van der Waals surface area (Å²) < 4.78 is 10.9. The van der Waals surface area contributed by atoms with E-state index in [1.165, 1.54) is 12.8 Å². The van der Waals surface area contributed by atoms with Crippen LogP contribution in [0.15, 0.2) is 0 Å². The number of hydrogen-bond acceptors (Lipinski definition) is 2. The molecule has 0 saturated carbocycles. The Morgan fingerprint density at radius 2 is 1.75 bits per heavy atom. The molecule has 3 aliphatic heterocycles. The van der Waals surface area contributed by atoms with Crippen molar-refractivity contribution in [2.24, 2.45) is 0 Å². The van der Waals surface area contributed by atoms with Crippen LogP contribution in [0.1, 0.15) is 12.8 Å². The lowest BCUT2D eigenvalue weighted by molar-refractivity contribution is -0.174. The molecule has 8 heavy (non-hydrogen) atoms. The maximum atomic E-state index is 5.51. The van der Waals surface area contributed by atoms with Crippen LogP contribution in [0, 0.1) is 0 Å². The fraction of sp³-hybridized carbons (Fsp3) is 1.00. The highest BCUT2D eigenvalue weighted by Crippen LogP contribution is 2.46. The van der Waals surface area contributed by atoms with Crippen LogP contribution in [-0.4, -0.2) is 24.4 Å². The summed E-state index contributed by atoms with van der Waals surface area (Å²) in [5.41, 5.74) is 0. The Morgan fingerprint density at radius 1 is 1.00 bits per heavy atom. The van der Waals surface area contributed by atoms with Crippen molar-refractivity contribution in [3.63, 3.8) is 0 Å². The van der Waals surface area contributed by atoms with Gasteiger partial charge in [0.25, 0.3) is 0 Å². The van der Waals surface area contributed by atoms with Crippen molar-refractivity contribution in [3.8, 4) is 0 Å². The zero-order valence-corrected chi connectivity index (χ0v) is 4.54. The van der Waals surface area contributed by atoms with Gasteiger partial charge in [-0.25, -0.2) is 0 Å². The smallest absolute Gasteiger partial charge is 0.110 e. The van der Waals surface area contributed by atoms with Gasteiger partial charge in [0.05, 0.1) is 18.3 Å². The molecule has 44 valence electrons. The van der Waals surface area contributed by atoms with Crippen LogP contribution in [0.25, 0.3) is 0 Å². The molecule has 2 heteroatoms. The lowest BCUT2D eigenvalue weighted by Crippen LogP contribution is -2.51. The van der Waals surface area contributed by atoms with Crippen LogP contribution in [-0.2, 0) is 9.47 Å². The standard InChI is InChI=1S/C6H8O2/c1-3-2-5-6(7-3)4(1)8-5/h3-6H,1-2H2/t3?,4-,5+,6?. The minimum absolute atomic E-state index is 0.499. The van der Waals surface area contributed by atoms with Gasteiger partial charge in [0.2, 0.25) is 0 Å². The molecule has 3 aliphatic rings. The van der Waals surface area contributed by atoms with E-state index in [2.05, 4.69) is 0 Å². The van der Waals surface area contributed by atoms with Crippen LogP contribution in [0.3, 0.4) is 0 Å². The van der Waals surface area contributed by atoms with Gasteiger partial charge in [0, 0.05) is 12.8 Å². The summed E-state index contributed by atoms with van der Waals surface area (Å²) >= 11 is 0. The van der Waals surface area contributed by atoms with Crippen molar-refractivity contribution in [1.82, 2.24) is 0 Å². The predicted octanol–water partition coefficient (Wildman–Crippen LogP) is 0.315. The van der Waals surface area contributed by atoms with Gasteiger partial charge in [-0.3, -0.25) is 0 Å². The number of fused-ring (bicyclic) bond motifs is 1. The summed E-state index contributed by atoms with van der Waals surface area (Å²) in [5, 5.41) is 0. The van der Waals surface area contributed by atoms with E-state index in [4.69, 9.17) is 9.47 Å². The van der Waals surface area contributed by atoms with Crippen molar-refractivity contribution < 1.29 is 9.47 Å². The summed E-state index contributed by atoms with van der Waals surface area (Å²) in [6.07, 6.45) is 4.42. The van der Waals surface area contributed by atoms with Gasteiger partial charge < -0.3 is 9.47 Å². The predicted molar refractivity (Wildman–Crippen MR) is 26.6 cm³/mol. The zero-order valence-electron chi connectivity index (χ0n) is 4.54. The van der Waals surface area contributed by atoms with Crippen LogP contribution in [0.2, 0.25) is 0 Å². The molecule has 0 amide bonds. The Hall–Kier alpha value is -0.0800. The molecule has 0 spiro atoms. The van der Waals surface area contributed by atoms with Crippen molar-refractivity contribution in [2.75, 3.05) is 0 Å². The van der Waals surface area contributed by atoms with Crippen LogP contribution < -0.4 is 0 Å². The molecule has 0 aliphatic carbocycles. The van der Waals surface area contributed by atoms with Gasteiger partial charge in [0.15, 0.2) is 0 Å². The van der Waals surface area contributed by atoms with Gasteiger partial charge in [-0.15, -0.1) is 0 Å². The normalized spacial score (nSPS) is 66.0. The second-order valence-electron chi connectivity index (χ2n) is 2.91. The van der Waals surface area contributed by atoms with Crippen LogP contribution >= 0.6 is 0 Å². The third-order valence-electron chi connectivity index (χ3n) is 2.42. The summed E-state index contributed by atoms with van der Waals surface area (Å²) in [4.78, 5) is 0. The molecule has 3 fully saturated rings. The van der Waals surface area contributed by atoms with Gasteiger partial charge >= 0.3 is 0 Å². The first kappa shape index (κ1) is 3.85. The fourth-order valence-corrected chi connectivity index (χ4v) is 2.03. The Labute approximate surface area is 47.8 Å². The Bertz CT molecular complexity index is 120. The third kappa shape index (κ3) is 0.250. The second kappa shape index (κ2) is 0.957. The largest absolute Gasteiger partial charge is 0.369 e. The maximum Gasteiger partial charge on any atom is 0.110 e. The molecule has 2 nitrogen and oxygen atoms in total. The molecule has 2 unspecified atom stereocenters. The molecule has 0 radical (unpaired) electrons. The van der Waals surface area contributed by atoms with E-state index < -0.39 is 0 Å². The molecule has 3 saturated heterocycles. The molecule has 4 atom stereocenters. The highest BCUT2D eigenvalue weighted by atomic mass is 16.6. The van der Waals surface area contributed by atoms with E-state index in [0.717, 1.165) is 0 Å². The molecule has 0 aromatic carbocycles. The first-order valence-electron chi connectivity index (χ1n) is 3.24. The molecule has 0 aromatic heterocycles. The minimum atomic E-state index is 0.499. The average Bonchev–Trinajstić information content (AvgIpc) is 2.23. The number of rotatable bonds is 0. The molecule has 3 heterocycles. The second-order valence-corrected chi connectivity index (χ2v) is 2.91. The van der Waals surface area contributed by atoms with Crippen LogP contribution in [0.4, 0.5) is 0 Å². The van der Waals surface area contributed by atoms with Crippen LogP contribution in [0.5, 0.6) is 0 Å². The molecule has 0 N–H and O–H groups in total. The van der Waals surface area contributed by atoms with Gasteiger partial charge in [-0.1, -0.05) is 0 Å². The highest BCUT2D eigenvalue weighted by Gasteiger charge is 2.57.